The van der Waals surface area contributed by atoms with Gasteiger partial charge in [0.1, 0.15) is 11.6 Å². The van der Waals surface area contributed by atoms with Gasteiger partial charge >= 0.3 is 0 Å². The molecule has 2 N–H and O–H groups in total. The third kappa shape index (κ3) is 7.20. The van der Waals surface area contributed by atoms with Crippen LogP contribution in [0, 0.1) is 22.5 Å². The van der Waals surface area contributed by atoms with Gasteiger partial charge in [-0.15, -0.1) is 0 Å². The molecule has 140 valence electrons. The maximum Gasteiger partial charge on any atom is 0.224 e. The lowest BCUT2D eigenvalue weighted by molar-refractivity contribution is -0.118. The van der Waals surface area contributed by atoms with Crippen LogP contribution in [0.4, 0.5) is 20.2 Å². The van der Waals surface area contributed by atoms with Crippen molar-refractivity contribution in [3.8, 4) is 0 Å². The number of carbonyl (C=O) groups is 2. The summed E-state index contributed by atoms with van der Waals surface area (Å²) in [4.78, 5) is 23.9. The normalized spacial score (nSPS) is 12.0. The van der Waals surface area contributed by atoms with Crippen molar-refractivity contribution in [2.45, 2.75) is 60.8 Å². The third-order valence-corrected chi connectivity index (χ3v) is 3.89. The average molecular weight is 354 g/mol. The largest absolute Gasteiger partial charge is 0.323 e. The Morgan fingerprint density at radius 2 is 1.28 bits per heavy atom. The van der Waals surface area contributed by atoms with E-state index in [2.05, 4.69) is 10.6 Å². The maximum atomic E-state index is 14.2. The van der Waals surface area contributed by atoms with Gasteiger partial charge in [0, 0.05) is 25.0 Å². The molecule has 0 aliphatic rings. The van der Waals surface area contributed by atoms with Crippen LogP contribution in [0.15, 0.2) is 12.1 Å². The molecule has 0 spiro atoms. The Hall–Kier alpha value is -1.98. The van der Waals surface area contributed by atoms with E-state index in [-0.39, 0.29) is 41.0 Å². The summed E-state index contributed by atoms with van der Waals surface area (Å²) >= 11 is 0. The SMILES string of the molecule is CCC(C)(C)CC(=O)Nc1cc(F)c(NC(=O)CC(C)(C)C)cc1F. The van der Waals surface area contributed by atoms with Crippen LogP contribution in [0.5, 0.6) is 0 Å². The molecule has 1 aromatic carbocycles. The topological polar surface area (TPSA) is 58.2 Å². The number of carbonyl (C=O) groups excluding carboxylic acids is 2. The molecule has 25 heavy (non-hydrogen) atoms. The van der Waals surface area contributed by atoms with E-state index in [9.17, 15) is 18.4 Å². The Morgan fingerprint density at radius 1 is 0.880 bits per heavy atom. The van der Waals surface area contributed by atoms with Crippen LogP contribution in [0.25, 0.3) is 0 Å². The van der Waals surface area contributed by atoms with Crippen molar-refractivity contribution in [2.24, 2.45) is 10.8 Å². The number of halogens is 2. The highest BCUT2D eigenvalue weighted by Crippen LogP contribution is 2.28. The van der Waals surface area contributed by atoms with E-state index in [1.165, 1.54) is 0 Å². The number of amides is 2. The predicted molar refractivity (Wildman–Crippen MR) is 96.4 cm³/mol. The van der Waals surface area contributed by atoms with Crippen LogP contribution in [-0.4, -0.2) is 11.8 Å². The van der Waals surface area contributed by atoms with Crippen LogP contribution in [-0.2, 0) is 9.59 Å². The Morgan fingerprint density at radius 3 is 1.64 bits per heavy atom. The summed E-state index contributed by atoms with van der Waals surface area (Å²) in [5.74, 6) is -2.37. The minimum absolute atomic E-state index is 0.179. The van der Waals surface area contributed by atoms with Crippen LogP contribution >= 0.6 is 0 Å². The molecule has 0 saturated heterocycles. The standard InChI is InChI=1S/C19H28F2N2O2/c1-7-19(5,6)11-17(25)23-15-9-12(20)14(8-13(15)21)22-16(24)10-18(2,3)4/h8-9H,7,10-11H2,1-6H3,(H,22,24)(H,23,25). The van der Waals surface area contributed by atoms with Crippen molar-refractivity contribution >= 4 is 23.2 Å². The number of benzene rings is 1. The zero-order valence-corrected chi connectivity index (χ0v) is 15.8. The number of hydrogen-bond donors (Lipinski definition) is 2. The van der Waals surface area contributed by atoms with Crippen molar-refractivity contribution < 1.29 is 18.4 Å². The van der Waals surface area contributed by atoms with Gasteiger partial charge < -0.3 is 10.6 Å². The zero-order valence-electron chi connectivity index (χ0n) is 15.8. The van der Waals surface area contributed by atoms with E-state index in [1.54, 1.807) is 0 Å². The van der Waals surface area contributed by atoms with Crippen molar-refractivity contribution in [1.82, 2.24) is 0 Å². The van der Waals surface area contributed by atoms with Gasteiger partial charge in [-0.05, 0) is 10.8 Å². The monoisotopic (exact) mass is 354 g/mol. The van der Waals surface area contributed by atoms with E-state index in [0.717, 1.165) is 18.6 Å². The lowest BCUT2D eigenvalue weighted by Gasteiger charge is -2.21. The molecule has 0 saturated carbocycles. The Labute approximate surface area is 148 Å². The molecule has 2 amide bonds. The molecule has 0 aliphatic carbocycles. The highest BCUT2D eigenvalue weighted by atomic mass is 19.1. The Bertz CT molecular complexity index is 650. The first-order chi connectivity index (χ1) is 11.3. The van der Waals surface area contributed by atoms with Crippen molar-refractivity contribution in [2.75, 3.05) is 10.6 Å². The van der Waals surface area contributed by atoms with Gasteiger partial charge in [0.05, 0.1) is 11.4 Å². The molecule has 6 heteroatoms. The third-order valence-electron chi connectivity index (χ3n) is 3.89. The molecule has 0 radical (unpaired) electrons. The first-order valence-corrected chi connectivity index (χ1v) is 8.42. The number of nitrogens with one attached hydrogen (secondary N) is 2. The van der Waals surface area contributed by atoms with E-state index in [0.29, 0.717) is 0 Å². The molecule has 0 heterocycles. The summed E-state index contributed by atoms with van der Waals surface area (Å²) in [6, 6.07) is 1.77. The molecule has 4 nitrogen and oxygen atoms in total. The van der Waals surface area contributed by atoms with E-state index in [1.807, 2.05) is 41.5 Å². The molecule has 0 fully saturated rings. The molecule has 0 bridgehead atoms. The van der Waals surface area contributed by atoms with Crippen molar-refractivity contribution in [3.63, 3.8) is 0 Å². The summed E-state index contributed by atoms with van der Waals surface area (Å²) in [5, 5.41) is 4.76. The highest BCUT2D eigenvalue weighted by Gasteiger charge is 2.22. The molecule has 1 rings (SSSR count). The van der Waals surface area contributed by atoms with Gasteiger partial charge in [-0.2, -0.15) is 0 Å². The number of rotatable bonds is 6. The lowest BCUT2D eigenvalue weighted by atomic mass is 9.86. The fourth-order valence-corrected chi connectivity index (χ4v) is 2.17. The summed E-state index contributed by atoms with van der Waals surface area (Å²) in [5.41, 5.74) is -0.958. The summed E-state index contributed by atoms with van der Waals surface area (Å²) in [7, 11) is 0. The molecular formula is C19H28F2N2O2. The minimum Gasteiger partial charge on any atom is -0.323 e. The molecule has 1 aromatic rings. The average Bonchev–Trinajstić information content (AvgIpc) is 2.41. The van der Waals surface area contributed by atoms with Crippen LogP contribution in [0.2, 0.25) is 0 Å². The number of hydrogen-bond acceptors (Lipinski definition) is 2. The van der Waals surface area contributed by atoms with Gasteiger partial charge in [0.2, 0.25) is 11.8 Å². The first kappa shape index (κ1) is 21.1. The molecular weight excluding hydrogens is 326 g/mol. The Balaban J connectivity index is 2.86. The predicted octanol–water partition coefficient (Wildman–Crippen LogP) is 5.10. The second-order valence-corrected chi connectivity index (χ2v) is 8.34. The summed E-state index contributed by atoms with van der Waals surface area (Å²) < 4.78 is 28.3. The second-order valence-electron chi connectivity index (χ2n) is 8.34. The van der Waals surface area contributed by atoms with E-state index >= 15 is 0 Å². The molecule has 0 aromatic heterocycles. The molecule has 0 unspecified atom stereocenters. The van der Waals surface area contributed by atoms with Gasteiger partial charge in [-0.25, -0.2) is 8.78 Å². The van der Waals surface area contributed by atoms with Gasteiger partial charge in [0.15, 0.2) is 0 Å². The van der Waals surface area contributed by atoms with E-state index in [4.69, 9.17) is 0 Å². The van der Waals surface area contributed by atoms with Crippen molar-refractivity contribution in [3.05, 3.63) is 23.8 Å². The fraction of sp³-hybridized carbons (Fsp3) is 0.579. The minimum atomic E-state index is -0.797. The molecule has 0 atom stereocenters. The lowest BCUT2D eigenvalue weighted by Crippen LogP contribution is -2.22. The quantitative estimate of drug-likeness (QED) is 0.746. The van der Waals surface area contributed by atoms with Crippen molar-refractivity contribution in [1.29, 1.82) is 0 Å². The first-order valence-electron chi connectivity index (χ1n) is 8.42. The highest BCUT2D eigenvalue weighted by molar-refractivity contribution is 5.93. The zero-order chi connectivity index (χ0) is 19.4. The van der Waals surface area contributed by atoms with Crippen LogP contribution < -0.4 is 10.6 Å². The van der Waals surface area contributed by atoms with Crippen LogP contribution in [0.1, 0.15) is 60.8 Å². The van der Waals surface area contributed by atoms with Crippen LogP contribution in [0.3, 0.4) is 0 Å². The van der Waals surface area contributed by atoms with Gasteiger partial charge in [-0.3, -0.25) is 9.59 Å². The smallest absolute Gasteiger partial charge is 0.224 e. The summed E-state index contributed by atoms with van der Waals surface area (Å²) in [6.07, 6.45) is 1.17. The van der Waals surface area contributed by atoms with Gasteiger partial charge in [-0.1, -0.05) is 48.0 Å². The van der Waals surface area contributed by atoms with Gasteiger partial charge in [0.25, 0.3) is 0 Å². The number of anilines is 2. The maximum absolute atomic E-state index is 14.2. The Kier molecular flexibility index (Phi) is 6.68. The fourth-order valence-electron chi connectivity index (χ4n) is 2.17. The summed E-state index contributed by atoms with van der Waals surface area (Å²) in [6.45, 7) is 11.4. The molecule has 0 aliphatic heterocycles. The second kappa shape index (κ2) is 7.93. The van der Waals surface area contributed by atoms with E-state index < -0.39 is 17.5 Å².